The molecule has 1 unspecified atom stereocenters. The number of ether oxygens (including phenoxy) is 2. The first-order chi connectivity index (χ1) is 21.4. The van der Waals surface area contributed by atoms with Gasteiger partial charge in [0, 0.05) is 44.4 Å². The Labute approximate surface area is 268 Å². The summed E-state index contributed by atoms with van der Waals surface area (Å²) in [6.07, 6.45) is 2.62. The minimum atomic E-state index is -0.528. The van der Waals surface area contributed by atoms with Gasteiger partial charge in [0.25, 0.3) is 5.91 Å². The summed E-state index contributed by atoms with van der Waals surface area (Å²) < 4.78 is 25.2. The Hall–Kier alpha value is -3.76. The molecule has 45 heavy (non-hydrogen) atoms. The van der Waals surface area contributed by atoms with Crippen molar-refractivity contribution in [3.63, 3.8) is 0 Å². The number of amides is 1. The van der Waals surface area contributed by atoms with E-state index in [0.717, 1.165) is 42.0 Å². The Balaban J connectivity index is 1.28. The fraction of sp³-hybridized carbons (Fsp3) is 0.471. The topological polar surface area (TPSA) is 88.1 Å². The van der Waals surface area contributed by atoms with Crippen molar-refractivity contribution in [1.82, 2.24) is 14.9 Å². The van der Waals surface area contributed by atoms with Crippen LogP contribution in [0.2, 0.25) is 5.02 Å². The standard InChI is InChI=1S/C34H39ClFN5O4/c1-20-15-28(37-21(2)29(20)32(43)45-6)39-13-14-41(33(3,4)18-39)31(42)26-9-10-27-30(38-26)34(12-11-23(17-34)44-5)19-40(27)22-7-8-24(35)25(36)16-22/h7-10,15-16,23H,11-14,17-19H2,1-6H3/t23-,34?/m1/s1. The number of nitrogens with zero attached hydrogens (tertiary/aromatic N) is 5. The molecule has 2 atom stereocenters. The molecule has 1 amide bonds. The van der Waals surface area contributed by atoms with Crippen LogP contribution in [0.25, 0.3) is 0 Å². The lowest BCUT2D eigenvalue weighted by Gasteiger charge is -2.47. The first-order valence-electron chi connectivity index (χ1n) is 15.3. The number of methoxy groups -OCH3 is 2. The predicted molar refractivity (Wildman–Crippen MR) is 171 cm³/mol. The lowest BCUT2D eigenvalue weighted by atomic mass is 9.84. The highest BCUT2D eigenvalue weighted by Crippen LogP contribution is 2.52. The zero-order valence-electron chi connectivity index (χ0n) is 26.6. The lowest BCUT2D eigenvalue weighted by Crippen LogP contribution is -2.61. The maximum absolute atomic E-state index is 14.5. The average molecular weight is 636 g/mol. The number of aromatic nitrogens is 2. The Kier molecular flexibility index (Phi) is 8.02. The van der Waals surface area contributed by atoms with Crippen molar-refractivity contribution in [3.8, 4) is 0 Å². The third kappa shape index (κ3) is 5.42. The number of anilines is 3. The zero-order chi connectivity index (χ0) is 32.3. The van der Waals surface area contributed by atoms with Gasteiger partial charge in [0.2, 0.25) is 0 Å². The molecule has 1 aromatic carbocycles. The highest BCUT2D eigenvalue weighted by atomic mass is 35.5. The average Bonchev–Trinajstić information content (AvgIpc) is 3.57. The molecule has 2 fully saturated rings. The molecule has 3 aromatic rings. The van der Waals surface area contributed by atoms with Gasteiger partial charge in [-0.25, -0.2) is 19.2 Å². The third-order valence-electron chi connectivity index (χ3n) is 9.70. The molecule has 6 rings (SSSR count). The summed E-state index contributed by atoms with van der Waals surface area (Å²) in [7, 11) is 3.09. The smallest absolute Gasteiger partial charge is 0.339 e. The summed E-state index contributed by atoms with van der Waals surface area (Å²) in [4.78, 5) is 42.3. The molecule has 0 N–H and O–H groups in total. The molecule has 2 aromatic heterocycles. The maximum Gasteiger partial charge on any atom is 0.339 e. The molecule has 4 heterocycles. The molecule has 1 saturated heterocycles. The predicted octanol–water partition coefficient (Wildman–Crippen LogP) is 6.00. The van der Waals surface area contributed by atoms with Gasteiger partial charge >= 0.3 is 5.97 Å². The van der Waals surface area contributed by atoms with E-state index in [1.54, 1.807) is 19.2 Å². The van der Waals surface area contributed by atoms with Gasteiger partial charge in [-0.1, -0.05) is 11.6 Å². The minimum Gasteiger partial charge on any atom is -0.465 e. The number of benzene rings is 1. The van der Waals surface area contributed by atoms with Gasteiger partial charge in [-0.05, 0) is 88.9 Å². The van der Waals surface area contributed by atoms with Crippen molar-refractivity contribution < 1.29 is 23.5 Å². The molecule has 3 aliphatic rings. The third-order valence-corrected chi connectivity index (χ3v) is 10.0. The molecule has 238 valence electrons. The number of esters is 1. The first-order valence-corrected chi connectivity index (χ1v) is 15.7. The molecule has 1 spiro atoms. The number of carbonyl (C=O) groups excluding carboxylic acids is 2. The second-order valence-corrected chi connectivity index (χ2v) is 13.5. The molecule has 0 bridgehead atoms. The second kappa shape index (κ2) is 11.6. The fourth-order valence-corrected chi connectivity index (χ4v) is 7.53. The highest BCUT2D eigenvalue weighted by molar-refractivity contribution is 6.30. The minimum absolute atomic E-state index is 0.0780. The number of aryl methyl sites for hydroxylation is 2. The Morgan fingerprint density at radius 1 is 1.04 bits per heavy atom. The first kappa shape index (κ1) is 31.2. The molecule has 11 heteroatoms. The number of halogens is 2. The van der Waals surface area contributed by atoms with E-state index in [0.29, 0.717) is 48.8 Å². The van der Waals surface area contributed by atoms with Gasteiger partial charge in [0.05, 0.1) is 46.4 Å². The summed E-state index contributed by atoms with van der Waals surface area (Å²) >= 11 is 5.99. The molecular weight excluding hydrogens is 597 g/mol. The van der Waals surface area contributed by atoms with E-state index in [1.165, 1.54) is 13.2 Å². The summed E-state index contributed by atoms with van der Waals surface area (Å²) in [5.41, 5.74) is 3.89. The van der Waals surface area contributed by atoms with Gasteiger partial charge in [-0.2, -0.15) is 0 Å². The zero-order valence-corrected chi connectivity index (χ0v) is 27.4. The Morgan fingerprint density at radius 2 is 1.82 bits per heavy atom. The number of pyridine rings is 2. The number of piperazine rings is 1. The van der Waals surface area contributed by atoms with E-state index in [1.807, 2.05) is 50.8 Å². The van der Waals surface area contributed by atoms with Gasteiger partial charge in [-0.3, -0.25) is 4.79 Å². The SMILES string of the molecule is COC(=O)c1c(C)cc(N2CCN(C(=O)c3ccc4c(n3)C3(CC[C@@H](OC)C3)CN4c3ccc(Cl)c(F)c3)C(C)(C)C2)nc1C. The quantitative estimate of drug-likeness (QED) is 0.316. The largest absolute Gasteiger partial charge is 0.465 e. The van der Waals surface area contributed by atoms with Gasteiger partial charge < -0.3 is 24.2 Å². The van der Waals surface area contributed by atoms with Crippen LogP contribution in [0.1, 0.15) is 70.9 Å². The molecular formula is C34H39ClFN5O4. The molecule has 2 aliphatic heterocycles. The van der Waals surface area contributed by atoms with Crippen molar-refractivity contribution in [3.05, 3.63) is 75.4 Å². The fourth-order valence-electron chi connectivity index (χ4n) is 7.41. The van der Waals surface area contributed by atoms with Crippen molar-refractivity contribution in [2.45, 2.75) is 64.0 Å². The van der Waals surface area contributed by atoms with Crippen LogP contribution in [-0.4, -0.2) is 78.8 Å². The van der Waals surface area contributed by atoms with Crippen LogP contribution in [0.3, 0.4) is 0 Å². The van der Waals surface area contributed by atoms with Crippen LogP contribution in [0, 0.1) is 19.7 Å². The van der Waals surface area contributed by atoms with E-state index in [4.69, 9.17) is 31.0 Å². The number of carbonyl (C=O) groups is 2. The molecule has 9 nitrogen and oxygen atoms in total. The lowest BCUT2D eigenvalue weighted by molar-refractivity contribution is 0.0505. The van der Waals surface area contributed by atoms with Gasteiger partial charge in [-0.15, -0.1) is 0 Å². The molecule has 1 aliphatic carbocycles. The summed E-state index contributed by atoms with van der Waals surface area (Å²) in [5, 5.41) is 0.0780. The van der Waals surface area contributed by atoms with E-state index in [2.05, 4.69) is 9.80 Å². The molecule has 1 saturated carbocycles. The van der Waals surface area contributed by atoms with Crippen molar-refractivity contribution in [2.24, 2.45) is 0 Å². The van der Waals surface area contributed by atoms with Crippen LogP contribution in [-0.2, 0) is 14.9 Å². The van der Waals surface area contributed by atoms with Crippen molar-refractivity contribution >= 4 is 40.7 Å². The molecule has 0 radical (unpaired) electrons. The van der Waals surface area contributed by atoms with Crippen LogP contribution >= 0.6 is 11.6 Å². The number of rotatable bonds is 5. The van der Waals surface area contributed by atoms with E-state index < -0.39 is 17.3 Å². The normalized spacial score (nSPS) is 22.2. The van der Waals surface area contributed by atoms with Gasteiger partial charge in [0.1, 0.15) is 17.3 Å². The van der Waals surface area contributed by atoms with Crippen molar-refractivity contribution in [2.75, 3.05) is 50.2 Å². The van der Waals surface area contributed by atoms with Crippen LogP contribution in [0.4, 0.5) is 21.6 Å². The van der Waals surface area contributed by atoms with E-state index >= 15 is 0 Å². The van der Waals surface area contributed by atoms with Crippen LogP contribution in [0.5, 0.6) is 0 Å². The summed E-state index contributed by atoms with van der Waals surface area (Å²) in [6, 6.07) is 10.5. The van der Waals surface area contributed by atoms with E-state index in [9.17, 15) is 14.0 Å². The maximum atomic E-state index is 14.5. The highest BCUT2D eigenvalue weighted by Gasteiger charge is 2.50. The Morgan fingerprint density at radius 3 is 2.47 bits per heavy atom. The Bertz CT molecular complexity index is 1660. The second-order valence-electron chi connectivity index (χ2n) is 13.1. The monoisotopic (exact) mass is 635 g/mol. The van der Waals surface area contributed by atoms with Crippen LogP contribution < -0.4 is 9.80 Å². The summed E-state index contributed by atoms with van der Waals surface area (Å²) in [6.45, 7) is 10.0. The number of hydrogen-bond donors (Lipinski definition) is 0. The van der Waals surface area contributed by atoms with Crippen molar-refractivity contribution in [1.29, 1.82) is 0 Å². The van der Waals surface area contributed by atoms with Gasteiger partial charge in [0.15, 0.2) is 0 Å². The van der Waals surface area contributed by atoms with Crippen LogP contribution in [0.15, 0.2) is 36.4 Å². The summed E-state index contributed by atoms with van der Waals surface area (Å²) in [5.74, 6) is -0.236. The number of fused-ring (bicyclic) bond motifs is 2. The number of hydrogen-bond acceptors (Lipinski definition) is 8. The van der Waals surface area contributed by atoms with E-state index in [-0.39, 0.29) is 22.4 Å².